The number of nitriles is 1. The van der Waals surface area contributed by atoms with E-state index in [0.717, 1.165) is 0 Å². The molecule has 8 nitrogen and oxygen atoms in total. The zero-order valence-electron chi connectivity index (χ0n) is 16.3. The van der Waals surface area contributed by atoms with Gasteiger partial charge in [-0.25, -0.2) is 4.79 Å². The smallest absolute Gasteiger partial charge is 0.410 e. The molecule has 1 saturated heterocycles. The second-order valence-corrected chi connectivity index (χ2v) is 7.55. The summed E-state index contributed by atoms with van der Waals surface area (Å²) in [7, 11) is 0. The highest BCUT2D eigenvalue weighted by Gasteiger charge is 2.45. The summed E-state index contributed by atoms with van der Waals surface area (Å²) in [5, 5.41) is 22.9. The molecule has 2 amide bonds. The van der Waals surface area contributed by atoms with Crippen molar-refractivity contribution in [3.8, 4) is 11.8 Å². The third-order valence-corrected chi connectivity index (χ3v) is 5.23. The second kappa shape index (κ2) is 7.68. The van der Waals surface area contributed by atoms with E-state index in [-0.39, 0.29) is 12.5 Å². The molecule has 2 N–H and O–H groups in total. The Bertz CT molecular complexity index is 817. The van der Waals surface area contributed by atoms with Crippen molar-refractivity contribution in [2.24, 2.45) is 0 Å². The van der Waals surface area contributed by atoms with Crippen molar-refractivity contribution in [1.29, 1.82) is 5.26 Å². The molecule has 2 aliphatic heterocycles. The number of hydrogen-bond donors (Lipinski definition) is 2. The van der Waals surface area contributed by atoms with Gasteiger partial charge in [0.15, 0.2) is 0 Å². The van der Waals surface area contributed by atoms with Crippen molar-refractivity contribution in [3.63, 3.8) is 0 Å². The van der Waals surface area contributed by atoms with Gasteiger partial charge < -0.3 is 19.9 Å². The third kappa shape index (κ3) is 3.62. The molecule has 150 valence electrons. The molecule has 3 unspecified atom stereocenters. The maximum absolute atomic E-state index is 13.0. The van der Waals surface area contributed by atoms with Crippen LogP contribution in [-0.4, -0.2) is 52.9 Å². The molecule has 1 aromatic rings. The van der Waals surface area contributed by atoms with Crippen molar-refractivity contribution in [3.05, 3.63) is 29.3 Å². The number of hydrogen-bond acceptors (Lipinski definition) is 6. The molecule has 28 heavy (non-hydrogen) atoms. The fourth-order valence-electron chi connectivity index (χ4n) is 3.74. The number of aliphatic hydroxyl groups is 1. The number of carbonyl (C=O) groups is 2. The van der Waals surface area contributed by atoms with Gasteiger partial charge in [-0.3, -0.25) is 9.69 Å². The van der Waals surface area contributed by atoms with Crippen molar-refractivity contribution in [1.82, 2.24) is 10.2 Å². The maximum atomic E-state index is 13.0. The van der Waals surface area contributed by atoms with E-state index in [2.05, 4.69) is 11.4 Å². The summed E-state index contributed by atoms with van der Waals surface area (Å²) >= 11 is 0. The highest BCUT2D eigenvalue weighted by molar-refractivity contribution is 5.86. The van der Waals surface area contributed by atoms with E-state index in [4.69, 9.17) is 9.47 Å². The van der Waals surface area contributed by atoms with E-state index in [1.165, 1.54) is 4.90 Å². The summed E-state index contributed by atoms with van der Waals surface area (Å²) in [4.78, 5) is 26.5. The lowest BCUT2D eigenvalue weighted by molar-refractivity contribution is -0.129. The molecule has 0 aliphatic carbocycles. The van der Waals surface area contributed by atoms with Gasteiger partial charge in [0, 0.05) is 12.1 Å². The monoisotopic (exact) mass is 387 g/mol. The van der Waals surface area contributed by atoms with Gasteiger partial charge >= 0.3 is 6.09 Å². The molecule has 0 radical (unpaired) electrons. The molecular weight excluding hydrogens is 362 g/mol. The predicted molar refractivity (Wildman–Crippen MR) is 99.5 cm³/mol. The summed E-state index contributed by atoms with van der Waals surface area (Å²) in [6.07, 6.45) is -0.317. The van der Waals surface area contributed by atoms with Crippen molar-refractivity contribution in [2.75, 3.05) is 13.2 Å². The van der Waals surface area contributed by atoms with Crippen LogP contribution < -0.4 is 10.1 Å². The molecule has 1 fully saturated rings. The molecule has 0 saturated carbocycles. The van der Waals surface area contributed by atoms with E-state index in [1.54, 1.807) is 39.0 Å². The molecule has 2 aliphatic rings. The van der Waals surface area contributed by atoms with Crippen LogP contribution >= 0.6 is 0 Å². The van der Waals surface area contributed by atoms with Crippen molar-refractivity contribution >= 4 is 12.0 Å². The molecule has 2 heterocycles. The average molecular weight is 387 g/mol. The lowest BCUT2D eigenvalue weighted by Crippen LogP contribution is -2.56. The number of amides is 2. The van der Waals surface area contributed by atoms with Gasteiger partial charge in [0.25, 0.3) is 0 Å². The fourth-order valence-corrected chi connectivity index (χ4v) is 3.74. The Balaban J connectivity index is 1.87. The van der Waals surface area contributed by atoms with Gasteiger partial charge in [0.1, 0.15) is 23.5 Å². The summed E-state index contributed by atoms with van der Waals surface area (Å²) in [6.45, 7) is 5.87. The van der Waals surface area contributed by atoms with E-state index in [9.17, 15) is 20.0 Å². The summed E-state index contributed by atoms with van der Waals surface area (Å²) in [5.74, 6) is 0.147. The normalized spacial score (nSPS) is 25.2. The number of carbonyl (C=O) groups excluding carboxylic acids is 2. The van der Waals surface area contributed by atoms with Gasteiger partial charge in [-0.15, -0.1) is 0 Å². The molecule has 0 spiro atoms. The largest absolute Gasteiger partial charge is 0.485 e. The zero-order valence-corrected chi connectivity index (χ0v) is 16.3. The van der Waals surface area contributed by atoms with Crippen LogP contribution in [0.3, 0.4) is 0 Å². The Morgan fingerprint density at radius 3 is 2.89 bits per heavy atom. The third-order valence-electron chi connectivity index (χ3n) is 5.23. The zero-order chi connectivity index (χ0) is 20.5. The van der Waals surface area contributed by atoms with Crippen LogP contribution in [0.1, 0.15) is 50.8 Å². The predicted octanol–water partition coefficient (Wildman–Crippen LogP) is 1.87. The average Bonchev–Trinajstić information content (AvgIpc) is 3.15. The van der Waals surface area contributed by atoms with Gasteiger partial charge in [0.2, 0.25) is 5.91 Å². The molecule has 8 heteroatoms. The minimum absolute atomic E-state index is 0.237. The number of aliphatic hydroxyl groups excluding tert-OH is 1. The summed E-state index contributed by atoms with van der Waals surface area (Å²) in [6, 6.07) is 5.55. The SMILES string of the molecule is CCOC(=O)N1CCCC1C(=O)NC1c2cc(C#N)ccc2OC(C)(C)C1O. The highest BCUT2D eigenvalue weighted by atomic mass is 16.6. The highest BCUT2D eigenvalue weighted by Crippen LogP contribution is 2.40. The number of likely N-dealkylation sites (tertiary alicyclic amines) is 1. The van der Waals surface area contributed by atoms with Crippen molar-refractivity contribution in [2.45, 2.75) is 57.4 Å². The quantitative estimate of drug-likeness (QED) is 0.819. The maximum Gasteiger partial charge on any atom is 0.410 e. The van der Waals surface area contributed by atoms with Crippen LogP contribution in [-0.2, 0) is 9.53 Å². The number of fused-ring (bicyclic) bond motifs is 1. The topological polar surface area (TPSA) is 112 Å². The van der Waals surface area contributed by atoms with Crippen LogP contribution in [0.2, 0.25) is 0 Å². The molecule has 3 rings (SSSR count). The lowest BCUT2D eigenvalue weighted by atomic mass is 9.85. The minimum Gasteiger partial charge on any atom is -0.485 e. The minimum atomic E-state index is -1.03. The first-order valence-electron chi connectivity index (χ1n) is 9.43. The Hall–Kier alpha value is -2.79. The van der Waals surface area contributed by atoms with Gasteiger partial charge in [-0.05, 0) is 51.8 Å². The number of rotatable bonds is 3. The van der Waals surface area contributed by atoms with Crippen LogP contribution in [0.25, 0.3) is 0 Å². The van der Waals surface area contributed by atoms with Gasteiger partial charge in [0.05, 0.1) is 24.3 Å². The number of benzene rings is 1. The van der Waals surface area contributed by atoms with Crippen LogP contribution in [0.15, 0.2) is 18.2 Å². The number of ether oxygens (including phenoxy) is 2. The summed E-state index contributed by atoms with van der Waals surface area (Å²) < 4.78 is 10.9. The Morgan fingerprint density at radius 2 is 2.21 bits per heavy atom. The van der Waals surface area contributed by atoms with E-state index >= 15 is 0 Å². The van der Waals surface area contributed by atoms with Crippen molar-refractivity contribution < 1.29 is 24.2 Å². The first-order chi connectivity index (χ1) is 13.3. The molecule has 0 bridgehead atoms. The lowest BCUT2D eigenvalue weighted by Gasteiger charge is -2.42. The van der Waals surface area contributed by atoms with Gasteiger partial charge in [-0.1, -0.05) is 0 Å². The Kier molecular flexibility index (Phi) is 5.47. The van der Waals surface area contributed by atoms with E-state index in [0.29, 0.717) is 36.3 Å². The van der Waals surface area contributed by atoms with Crippen LogP contribution in [0.4, 0.5) is 4.79 Å². The Morgan fingerprint density at radius 1 is 1.46 bits per heavy atom. The molecule has 0 aromatic heterocycles. The fraction of sp³-hybridized carbons (Fsp3) is 0.550. The standard InChI is InChI=1S/C20H25N3O5/c1-4-27-19(26)23-9-5-6-14(23)18(25)22-16-13-10-12(11-21)7-8-15(13)28-20(2,3)17(16)24/h7-8,10,14,16-17,24H,4-6,9H2,1-3H3,(H,22,25). The molecular formula is C20H25N3O5. The number of nitrogens with zero attached hydrogens (tertiary/aromatic N) is 2. The van der Waals surface area contributed by atoms with E-state index in [1.807, 2.05) is 0 Å². The second-order valence-electron chi connectivity index (χ2n) is 7.55. The molecule has 1 aromatic carbocycles. The number of nitrogens with one attached hydrogen (secondary N) is 1. The van der Waals surface area contributed by atoms with E-state index < -0.39 is 29.9 Å². The Labute approximate surface area is 164 Å². The first kappa shape index (κ1) is 20.0. The molecule has 3 atom stereocenters. The van der Waals surface area contributed by atoms with Crippen LogP contribution in [0.5, 0.6) is 5.75 Å². The van der Waals surface area contributed by atoms with Crippen LogP contribution in [0, 0.1) is 11.3 Å². The first-order valence-corrected chi connectivity index (χ1v) is 9.43. The summed E-state index contributed by atoms with van der Waals surface area (Å²) in [5.41, 5.74) is 0.0118. The van der Waals surface area contributed by atoms with Gasteiger partial charge in [-0.2, -0.15) is 5.26 Å².